The van der Waals surface area contributed by atoms with Gasteiger partial charge in [0, 0.05) is 18.3 Å². The van der Waals surface area contributed by atoms with E-state index in [1.807, 2.05) is 20.8 Å². The van der Waals surface area contributed by atoms with Gasteiger partial charge in [0.2, 0.25) is 5.91 Å². The average Bonchev–Trinajstić information content (AvgIpc) is 2.21. The predicted molar refractivity (Wildman–Crippen MR) is 71.2 cm³/mol. The van der Waals surface area contributed by atoms with Gasteiger partial charge in [-0.1, -0.05) is 19.1 Å². The monoisotopic (exact) mass is 259 g/mol. The highest BCUT2D eigenvalue weighted by Crippen LogP contribution is 2.14. The second-order valence-electron chi connectivity index (χ2n) is 4.08. The first-order valence-corrected chi connectivity index (χ1v) is 6.67. The number of carbonyl (C=O) groups excluding carboxylic acids is 1. The fraction of sp³-hybridized carbons (Fsp3) is 0.667. The van der Waals surface area contributed by atoms with Crippen LogP contribution in [0.25, 0.3) is 0 Å². The largest absolute Gasteiger partial charge is 0.481 e. The van der Waals surface area contributed by atoms with Crippen LogP contribution in [0.1, 0.15) is 27.2 Å². The van der Waals surface area contributed by atoms with Crippen LogP contribution in [0.3, 0.4) is 0 Å². The minimum Gasteiger partial charge on any atom is -0.481 e. The Bertz CT molecular complexity index is 291. The molecule has 0 saturated heterocycles. The Kier molecular flexibility index (Phi) is 7.70. The molecule has 17 heavy (non-hydrogen) atoms. The van der Waals surface area contributed by atoms with Crippen LogP contribution in [0, 0.1) is 0 Å². The molecule has 0 saturated carbocycles. The van der Waals surface area contributed by atoms with E-state index >= 15 is 0 Å². The van der Waals surface area contributed by atoms with Crippen molar-refractivity contribution in [1.29, 1.82) is 0 Å². The summed E-state index contributed by atoms with van der Waals surface area (Å²) in [6.45, 7) is 10.6. The standard InChI is InChI=1S/C12H21NO3S/c1-5-13(7-9(2)3)11(14)8-17-10(4)6-12(15)16/h10H,2,5-8H2,1,3-4H3,(H,15,16). The summed E-state index contributed by atoms with van der Waals surface area (Å²) in [4.78, 5) is 24.0. The van der Waals surface area contributed by atoms with Gasteiger partial charge in [0.15, 0.2) is 0 Å². The van der Waals surface area contributed by atoms with Crippen LogP contribution in [0.2, 0.25) is 0 Å². The number of carbonyl (C=O) groups is 2. The third-order valence-corrected chi connectivity index (χ3v) is 3.30. The van der Waals surface area contributed by atoms with Crippen molar-refractivity contribution in [3.63, 3.8) is 0 Å². The van der Waals surface area contributed by atoms with Crippen LogP contribution >= 0.6 is 11.8 Å². The number of hydrogen-bond acceptors (Lipinski definition) is 3. The third kappa shape index (κ3) is 7.85. The summed E-state index contributed by atoms with van der Waals surface area (Å²) in [6.07, 6.45) is 0.0879. The van der Waals surface area contributed by atoms with E-state index in [2.05, 4.69) is 6.58 Å². The molecule has 0 radical (unpaired) electrons. The van der Waals surface area contributed by atoms with Crippen LogP contribution < -0.4 is 0 Å². The Hall–Kier alpha value is -0.970. The van der Waals surface area contributed by atoms with Crippen LogP contribution in [0.4, 0.5) is 0 Å². The van der Waals surface area contributed by atoms with Crippen molar-refractivity contribution >= 4 is 23.6 Å². The van der Waals surface area contributed by atoms with E-state index in [-0.39, 0.29) is 17.6 Å². The number of nitrogens with zero attached hydrogens (tertiary/aromatic N) is 1. The Labute approximate surface area is 107 Å². The Morgan fingerprint density at radius 2 is 2.06 bits per heavy atom. The number of carboxylic acids is 1. The molecule has 0 fully saturated rings. The summed E-state index contributed by atoms with van der Waals surface area (Å²) in [5.41, 5.74) is 0.948. The minimum absolute atomic E-state index is 0.0396. The van der Waals surface area contributed by atoms with Gasteiger partial charge in [-0.2, -0.15) is 0 Å². The topological polar surface area (TPSA) is 57.6 Å². The molecule has 0 aromatic carbocycles. The van der Waals surface area contributed by atoms with E-state index in [0.717, 1.165) is 5.57 Å². The molecule has 0 aromatic rings. The molecule has 1 atom stereocenters. The number of carboxylic acid groups (broad SMARTS) is 1. The molecule has 0 heterocycles. The number of likely N-dealkylation sites (N-methyl/N-ethyl adjacent to an activating group) is 1. The fourth-order valence-corrected chi connectivity index (χ4v) is 2.18. The van der Waals surface area contributed by atoms with Gasteiger partial charge >= 0.3 is 5.97 Å². The number of aliphatic carboxylic acids is 1. The van der Waals surface area contributed by atoms with Crippen molar-refractivity contribution in [1.82, 2.24) is 4.90 Å². The third-order valence-electron chi connectivity index (χ3n) is 2.15. The van der Waals surface area contributed by atoms with Gasteiger partial charge in [-0.15, -0.1) is 11.8 Å². The van der Waals surface area contributed by atoms with Gasteiger partial charge in [-0.05, 0) is 13.8 Å². The lowest BCUT2D eigenvalue weighted by Crippen LogP contribution is -2.33. The minimum atomic E-state index is -0.827. The van der Waals surface area contributed by atoms with Crippen LogP contribution in [0.15, 0.2) is 12.2 Å². The number of thioether (sulfide) groups is 1. The smallest absolute Gasteiger partial charge is 0.304 e. The van der Waals surface area contributed by atoms with E-state index in [9.17, 15) is 9.59 Å². The summed E-state index contributed by atoms with van der Waals surface area (Å²) in [7, 11) is 0. The lowest BCUT2D eigenvalue weighted by Gasteiger charge is -2.21. The van der Waals surface area contributed by atoms with Gasteiger partial charge in [0.25, 0.3) is 0 Å². The zero-order valence-electron chi connectivity index (χ0n) is 10.7. The molecule has 5 heteroatoms. The molecule has 0 aliphatic carbocycles. The van der Waals surface area contributed by atoms with Crippen molar-refractivity contribution < 1.29 is 14.7 Å². The maximum absolute atomic E-state index is 11.8. The van der Waals surface area contributed by atoms with E-state index in [4.69, 9.17) is 5.11 Å². The summed E-state index contributed by atoms with van der Waals surface area (Å²) >= 11 is 1.38. The van der Waals surface area contributed by atoms with Gasteiger partial charge in [-0.25, -0.2) is 0 Å². The normalized spacial score (nSPS) is 11.9. The van der Waals surface area contributed by atoms with Crippen LogP contribution in [-0.4, -0.2) is 46.0 Å². The Balaban J connectivity index is 4.05. The fourth-order valence-electron chi connectivity index (χ4n) is 1.31. The van der Waals surface area contributed by atoms with E-state index in [0.29, 0.717) is 18.8 Å². The molecule has 0 rings (SSSR count). The van der Waals surface area contributed by atoms with Crippen molar-refractivity contribution in [2.75, 3.05) is 18.8 Å². The molecule has 0 bridgehead atoms. The maximum Gasteiger partial charge on any atom is 0.304 e. The van der Waals surface area contributed by atoms with Crippen molar-refractivity contribution in [3.8, 4) is 0 Å². The molecule has 0 aliphatic heterocycles. The Morgan fingerprint density at radius 1 is 1.47 bits per heavy atom. The molecular weight excluding hydrogens is 238 g/mol. The van der Waals surface area contributed by atoms with Gasteiger partial charge in [-0.3, -0.25) is 9.59 Å². The first-order valence-electron chi connectivity index (χ1n) is 5.62. The molecule has 1 N–H and O–H groups in total. The number of rotatable bonds is 8. The SMILES string of the molecule is C=C(C)CN(CC)C(=O)CSC(C)CC(=O)O. The second-order valence-corrected chi connectivity index (χ2v) is 5.51. The van der Waals surface area contributed by atoms with Crippen LogP contribution in [0.5, 0.6) is 0 Å². The molecule has 0 aliphatic rings. The van der Waals surface area contributed by atoms with E-state index < -0.39 is 5.97 Å². The molecule has 4 nitrogen and oxygen atoms in total. The lowest BCUT2D eigenvalue weighted by atomic mass is 10.3. The Morgan fingerprint density at radius 3 is 2.47 bits per heavy atom. The molecule has 1 unspecified atom stereocenters. The summed E-state index contributed by atoms with van der Waals surface area (Å²) in [6, 6.07) is 0. The van der Waals surface area contributed by atoms with Crippen molar-refractivity contribution in [3.05, 3.63) is 12.2 Å². The highest BCUT2D eigenvalue weighted by atomic mass is 32.2. The van der Waals surface area contributed by atoms with Gasteiger partial charge < -0.3 is 10.0 Å². The maximum atomic E-state index is 11.8. The average molecular weight is 259 g/mol. The zero-order chi connectivity index (χ0) is 13.4. The number of amides is 1. The van der Waals surface area contributed by atoms with E-state index in [1.165, 1.54) is 11.8 Å². The second kappa shape index (κ2) is 8.17. The van der Waals surface area contributed by atoms with Gasteiger partial charge in [0.1, 0.15) is 0 Å². The van der Waals surface area contributed by atoms with Crippen molar-refractivity contribution in [2.24, 2.45) is 0 Å². The molecule has 1 amide bonds. The summed E-state index contributed by atoms with van der Waals surface area (Å²) in [5.74, 6) is -0.459. The molecule has 98 valence electrons. The first kappa shape index (κ1) is 16.0. The zero-order valence-corrected chi connectivity index (χ0v) is 11.5. The number of hydrogen-bond donors (Lipinski definition) is 1. The van der Waals surface area contributed by atoms with Gasteiger partial charge in [0.05, 0.1) is 12.2 Å². The summed E-state index contributed by atoms with van der Waals surface area (Å²) in [5, 5.41) is 8.56. The molecule has 0 aromatic heterocycles. The first-order chi connectivity index (χ1) is 7.86. The van der Waals surface area contributed by atoms with Crippen molar-refractivity contribution in [2.45, 2.75) is 32.4 Å². The quantitative estimate of drug-likeness (QED) is 0.677. The lowest BCUT2D eigenvalue weighted by molar-refractivity contribution is -0.137. The molecular formula is C12H21NO3S. The highest BCUT2D eigenvalue weighted by molar-refractivity contribution is 8.00. The van der Waals surface area contributed by atoms with E-state index in [1.54, 1.807) is 4.90 Å². The van der Waals surface area contributed by atoms with Crippen LogP contribution in [-0.2, 0) is 9.59 Å². The highest BCUT2D eigenvalue weighted by Gasteiger charge is 2.14. The predicted octanol–water partition coefficient (Wildman–Crippen LogP) is 2.01. The molecule has 0 spiro atoms. The summed E-state index contributed by atoms with van der Waals surface area (Å²) < 4.78 is 0.